The Morgan fingerprint density at radius 1 is 0.778 bits per heavy atom. The smallest absolute Gasteiger partial charge is 0.300 e. The molecule has 0 unspecified atom stereocenters. The zero-order valence-electron chi connectivity index (χ0n) is 10.1. The lowest BCUT2D eigenvalue weighted by atomic mass is 10.0. The first-order chi connectivity index (χ1) is 8.66. The van der Waals surface area contributed by atoms with Gasteiger partial charge in [0.05, 0.1) is 0 Å². The first-order valence-electron chi connectivity index (χ1n) is 5.74. The molecule has 0 fully saturated rings. The van der Waals surface area contributed by atoms with Crippen molar-refractivity contribution in [2.75, 3.05) is 0 Å². The van der Waals surface area contributed by atoms with E-state index in [1.807, 2.05) is 0 Å². The Morgan fingerprint density at radius 3 is 1.22 bits per heavy atom. The lowest BCUT2D eigenvalue weighted by Gasteiger charge is -2.00. The van der Waals surface area contributed by atoms with Gasteiger partial charge in [-0.2, -0.15) is 0 Å². The Balaban J connectivity index is 0.000000267. The third-order valence-electron chi connectivity index (χ3n) is 2.61. The van der Waals surface area contributed by atoms with Crippen molar-refractivity contribution in [2.24, 2.45) is 0 Å². The van der Waals surface area contributed by atoms with Crippen molar-refractivity contribution in [3.8, 4) is 0 Å². The molecule has 0 saturated heterocycles. The van der Waals surface area contributed by atoms with Gasteiger partial charge in [0.2, 0.25) is 0 Å². The molecule has 0 saturated carbocycles. The molecule has 3 rings (SSSR count). The summed E-state index contributed by atoms with van der Waals surface area (Å²) in [6.45, 7) is 1.08. The van der Waals surface area contributed by atoms with Gasteiger partial charge in [-0.3, -0.25) is 4.79 Å². The van der Waals surface area contributed by atoms with Crippen molar-refractivity contribution in [1.29, 1.82) is 0 Å². The van der Waals surface area contributed by atoms with E-state index in [0.717, 1.165) is 6.92 Å². The normalized spacial score (nSPS) is 9.83. The SMILES string of the molecule is CC(=O)O.c1ccc2cc3ccccc3cc2c1. The van der Waals surface area contributed by atoms with Crippen molar-refractivity contribution in [1.82, 2.24) is 0 Å². The number of rotatable bonds is 0. The van der Waals surface area contributed by atoms with E-state index in [4.69, 9.17) is 9.90 Å². The second-order valence-electron chi connectivity index (χ2n) is 4.07. The van der Waals surface area contributed by atoms with E-state index in [0.29, 0.717) is 0 Å². The predicted octanol–water partition coefficient (Wildman–Crippen LogP) is 4.08. The van der Waals surface area contributed by atoms with Crippen LogP contribution >= 0.6 is 0 Å². The van der Waals surface area contributed by atoms with Crippen molar-refractivity contribution in [2.45, 2.75) is 6.92 Å². The molecular formula is C16H14O2. The van der Waals surface area contributed by atoms with E-state index in [9.17, 15) is 0 Å². The predicted molar refractivity (Wildman–Crippen MR) is 74.8 cm³/mol. The van der Waals surface area contributed by atoms with Crippen molar-refractivity contribution in [3.05, 3.63) is 60.7 Å². The maximum absolute atomic E-state index is 9.00. The van der Waals surface area contributed by atoms with Gasteiger partial charge < -0.3 is 5.11 Å². The molecule has 0 aliphatic carbocycles. The zero-order valence-corrected chi connectivity index (χ0v) is 10.1. The number of fused-ring (bicyclic) bond motifs is 2. The molecule has 0 spiro atoms. The lowest BCUT2D eigenvalue weighted by molar-refractivity contribution is -0.134. The molecule has 2 heteroatoms. The van der Waals surface area contributed by atoms with Crippen molar-refractivity contribution < 1.29 is 9.90 Å². The number of carbonyl (C=O) groups is 1. The Kier molecular flexibility index (Phi) is 3.58. The fraction of sp³-hybridized carbons (Fsp3) is 0.0625. The average Bonchev–Trinajstić information content (AvgIpc) is 2.35. The third-order valence-corrected chi connectivity index (χ3v) is 2.61. The standard InChI is InChI=1S/C14H10.C2H4O2/c1-2-6-12-10-14-8-4-3-7-13(14)9-11(12)5-1;1-2(3)4/h1-10H;1H3,(H,3,4). The number of hydrogen-bond acceptors (Lipinski definition) is 1. The van der Waals surface area contributed by atoms with Crippen molar-refractivity contribution >= 4 is 27.5 Å². The number of carboxylic acid groups (broad SMARTS) is 1. The van der Waals surface area contributed by atoms with E-state index in [2.05, 4.69) is 60.7 Å². The molecule has 0 aliphatic heterocycles. The lowest BCUT2D eigenvalue weighted by Crippen LogP contribution is -1.78. The highest BCUT2D eigenvalue weighted by molar-refractivity contribution is 5.98. The topological polar surface area (TPSA) is 37.3 Å². The summed E-state index contributed by atoms with van der Waals surface area (Å²) in [6.07, 6.45) is 0. The number of aliphatic carboxylic acids is 1. The van der Waals surface area contributed by atoms with E-state index in [1.165, 1.54) is 21.5 Å². The van der Waals surface area contributed by atoms with Crippen LogP contribution in [0.15, 0.2) is 60.7 Å². The molecule has 18 heavy (non-hydrogen) atoms. The van der Waals surface area contributed by atoms with Gasteiger partial charge in [-0.15, -0.1) is 0 Å². The third kappa shape index (κ3) is 2.86. The molecule has 90 valence electrons. The van der Waals surface area contributed by atoms with E-state index < -0.39 is 5.97 Å². The Bertz CT molecular complexity index is 578. The second-order valence-corrected chi connectivity index (χ2v) is 4.07. The highest BCUT2D eigenvalue weighted by Crippen LogP contribution is 2.21. The van der Waals surface area contributed by atoms with Crippen LogP contribution in [0.1, 0.15) is 6.92 Å². The summed E-state index contributed by atoms with van der Waals surface area (Å²) in [4.78, 5) is 9.00. The summed E-state index contributed by atoms with van der Waals surface area (Å²) in [5, 5.41) is 12.7. The molecule has 0 aromatic heterocycles. The van der Waals surface area contributed by atoms with Crippen LogP contribution in [0.3, 0.4) is 0 Å². The van der Waals surface area contributed by atoms with Gasteiger partial charge in [0.15, 0.2) is 0 Å². The summed E-state index contributed by atoms with van der Waals surface area (Å²) in [7, 11) is 0. The van der Waals surface area contributed by atoms with Gasteiger partial charge in [0.1, 0.15) is 0 Å². The first-order valence-corrected chi connectivity index (χ1v) is 5.74. The van der Waals surface area contributed by atoms with E-state index >= 15 is 0 Å². The van der Waals surface area contributed by atoms with Gasteiger partial charge in [-0.25, -0.2) is 0 Å². The van der Waals surface area contributed by atoms with Gasteiger partial charge in [-0.05, 0) is 33.7 Å². The minimum Gasteiger partial charge on any atom is -0.481 e. The van der Waals surface area contributed by atoms with Crippen molar-refractivity contribution in [3.63, 3.8) is 0 Å². The molecule has 0 radical (unpaired) electrons. The highest BCUT2D eigenvalue weighted by Gasteiger charge is 1.95. The minimum absolute atomic E-state index is 0.833. The fourth-order valence-electron chi connectivity index (χ4n) is 1.88. The Morgan fingerprint density at radius 2 is 1.00 bits per heavy atom. The average molecular weight is 238 g/mol. The highest BCUT2D eigenvalue weighted by atomic mass is 16.4. The van der Waals surface area contributed by atoms with E-state index in [-0.39, 0.29) is 0 Å². The van der Waals surface area contributed by atoms with Gasteiger partial charge >= 0.3 is 0 Å². The Labute approximate surface area is 105 Å². The minimum atomic E-state index is -0.833. The summed E-state index contributed by atoms with van der Waals surface area (Å²) >= 11 is 0. The quantitative estimate of drug-likeness (QED) is 0.599. The van der Waals surface area contributed by atoms with Crippen LogP contribution in [-0.4, -0.2) is 11.1 Å². The molecule has 2 nitrogen and oxygen atoms in total. The van der Waals surface area contributed by atoms with Gasteiger partial charge in [-0.1, -0.05) is 48.5 Å². The maximum atomic E-state index is 9.00. The number of benzene rings is 3. The molecule has 0 amide bonds. The van der Waals surface area contributed by atoms with Crippen LogP contribution in [0.4, 0.5) is 0 Å². The molecular weight excluding hydrogens is 224 g/mol. The molecule has 0 atom stereocenters. The zero-order chi connectivity index (χ0) is 13.0. The molecule has 1 N–H and O–H groups in total. The summed E-state index contributed by atoms with van der Waals surface area (Å²) in [5.74, 6) is -0.833. The summed E-state index contributed by atoms with van der Waals surface area (Å²) in [6, 6.07) is 21.4. The Hall–Kier alpha value is -2.35. The van der Waals surface area contributed by atoms with Crippen LogP contribution in [-0.2, 0) is 4.79 Å². The molecule has 0 heterocycles. The van der Waals surface area contributed by atoms with Gasteiger partial charge in [0, 0.05) is 6.92 Å². The van der Waals surface area contributed by atoms with Gasteiger partial charge in [0.25, 0.3) is 5.97 Å². The molecule has 3 aromatic rings. The largest absolute Gasteiger partial charge is 0.481 e. The summed E-state index contributed by atoms with van der Waals surface area (Å²) in [5.41, 5.74) is 0. The molecule has 0 bridgehead atoms. The number of hydrogen-bond donors (Lipinski definition) is 1. The van der Waals surface area contributed by atoms with Crippen LogP contribution in [0.25, 0.3) is 21.5 Å². The molecule has 0 aliphatic rings. The van der Waals surface area contributed by atoms with Crippen LogP contribution in [0, 0.1) is 0 Å². The monoisotopic (exact) mass is 238 g/mol. The van der Waals surface area contributed by atoms with E-state index in [1.54, 1.807) is 0 Å². The maximum Gasteiger partial charge on any atom is 0.300 e. The van der Waals surface area contributed by atoms with Crippen LogP contribution in [0.5, 0.6) is 0 Å². The molecule has 3 aromatic carbocycles. The number of carboxylic acids is 1. The summed E-state index contributed by atoms with van der Waals surface area (Å²) < 4.78 is 0. The second kappa shape index (κ2) is 5.32. The fourth-order valence-corrected chi connectivity index (χ4v) is 1.88. The van der Waals surface area contributed by atoms with Crippen LogP contribution in [0.2, 0.25) is 0 Å². The van der Waals surface area contributed by atoms with Crippen LogP contribution < -0.4 is 0 Å². The first kappa shape index (κ1) is 12.1.